The molecular weight excluding hydrogens is 240 g/mol. The number of benzene rings is 1. The Morgan fingerprint density at radius 3 is 2.67 bits per heavy atom. The molecule has 0 spiro atoms. The van der Waals surface area contributed by atoms with Crippen molar-refractivity contribution >= 4 is 11.3 Å². The minimum Gasteiger partial charge on any atom is -0.310 e. The van der Waals surface area contributed by atoms with Crippen LogP contribution in [0, 0.1) is 0 Å². The molecule has 1 N–H and O–H groups in total. The molecule has 0 fully saturated rings. The summed E-state index contributed by atoms with van der Waals surface area (Å²) >= 11 is 1.82. The van der Waals surface area contributed by atoms with Gasteiger partial charge in [-0.05, 0) is 12.0 Å². The lowest BCUT2D eigenvalue weighted by Crippen LogP contribution is -2.21. The van der Waals surface area contributed by atoms with E-state index < -0.39 is 0 Å². The van der Waals surface area contributed by atoms with Gasteiger partial charge in [-0.1, -0.05) is 44.2 Å². The third kappa shape index (κ3) is 4.24. The molecule has 1 aromatic heterocycles. The molecule has 3 heteroatoms. The quantitative estimate of drug-likeness (QED) is 0.860. The molecule has 0 atom stereocenters. The summed E-state index contributed by atoms with van der Waals surface area (Å²) in [5.41, 5.74) is 1.38. The number of nitrogens with zero attached hydrogens (tertiary/aromatic N) is 1. The average Bonchev–Trinajstić information content (AvgIpc) is 2.83. The molecule has 96 valence electrons. The molecule has 0 saturated heterocycles. The van der Waals surface area contributed by atoms with Gasteiger partial charge >= 0.3 is 0 Å². The lowest BCUT2D eigenvalue weighted by atomic mass is 10.1. The van der Waals surface area contributed by atoms with Gasteiger partial charge in [0.1, 0.15) is 0 Å². The Bertz CT molecular complexity index is 462. The Hall–Kier alpha value is -1.19. The van der Waals surface area contributed by atoms with Crippen molar-refractivity contribution in [1.29, 1.82) is 0 Å². The Kier molecular flexibility index (Phi) is 4.90. The molecule has 1 heterocycles. The van der Waals surface area contributed by atoms with Gasteiger partial charge in [-0.2, -0.15) is 0 Å². The first-order chi connectivity index (χ1) is 8.74. The maximum atomic E-state index is 4.49. The van der Waals surface area contributed by atoms with Crippen molar-refractivity contribution in [2.75, 3.05) is 0 Å². The van der Waals surface area contributed by atoms with E-state index in [4.69, 9.17) is 0 Å². The van der Waals surface area contributed by atoms with Gasteiger partial charge in [0.05, 0.1) is 5.01 Å². The molecule has 0 radical (unpaired) electrons. The van der Waals surface area contributed by atoms with Crippen molar-refractivity contribution in [2.24, 2.45) is 0 Å². The first-order valence-electron chi connectivity index (χ1n) is 6.45. The predicted molar refractivity (Wildman–Crippen MR) is 77.9 cm³/mol. The highest BCUT2D eigenvalue weighted by molar-refractivity contribution is 7.11. The van der Waals surface area contributed by atoms with Crippen molar-refractivity contribution in [3.8, 4) is 0 Å². The first kappa shape index (κ1) is 13.2. The zero-order valence-electron chi connectivity index (χ0n) is 11.0. The Morgan fingerprint density at radius 2 is 1.94 bits per heavy atom. The van der Waals surface area contributed by atoms with Crippen LogP contribution in [0.2, 0.25) is 0 Å². The van der Waals surface area contributed by atoms with E-state index in [0.29, 0.717) is 6.04 Å². The zero-order chi connectivity index (χ0) is 12.8. The number of aromatic nitrogens is 1. The van der Waals surface area contributed by atoms with Gasteiger partial charge in [-0.25, -0.2) is 4.98 Å². The van der Waals surface area contributed by atoms with Gasteiger partial charge in [-0.15, -0.1) is 11.3 Å². The number of hydrogen-bond acceptors (Lipinski definition) is 3. The van der Waals surface area contributed by atoms with Crippen LogP contribution in [0.5, 0.6) is 0 Å². The number of thiazole rings is 1. The van der Waals surface area contributed by atoms with Crippen LogP contribution < -0.4 is 5.32 Å². The van der Waals surface area contributed by atoms with Crippen LogP contribution in [0.25, 0.3) is 0 Å². The van der Waals surface area contributed by atoms with Crippen molar-refractivity contribution in [3.63, 3.8) is 0 Å². The van der Waals surface area contributed by atoms with E-state index in [9.17, 15) is 0 Å². The van der Waals surface area contributed by atoms with Gasteiger partial charge in [0.25, 0.3) is 0 Å². The Morgan fingerprint density at radius 1 is 1.17 bits per heavy atom. The highest BCUT2D eigenvalue weighted by Gasteiger charge is 2.03. The molecule has 1 aromatic carbocycles. The van der Waals surface area contributed by atoms with Crippen LogP contribution in [0.4, 0.5) is 0 Å². The van der Waals surface area contributed by atoms with Gasteiger partial charge in [0, 0.05) is 30.1 Å². The number of aryl methyl sites for hydroxylation is 2. The summed E-state index contributed by atoms with van der Waals surface area (Å²) in [6, 6.07) is 11.1. The Labute approximate surface area is 113 Å². The predicted octanol–water partition coefficient (Wildman–Crippen LogP) is 3.43. The zero-order valence-corrected chi connectivity index (χ0v) is 11.8. The SMILES string of the molecule is CC(C)NCc1cnc(CCc2ccccc2)s1. The highest BCUT2D eigenvalue weighted by Crippen LogP contribution is 2.15. The van der Waals surface area contributed by atoms with E-state index in [1.165, 1.54) is 15.4 Å². The molecule has 18 heavy (non-hydrogen) atoms. The van der Waals surface area contributed by atoms with Gasteiger partial charge < -0.3 is 5.32 Å². The lowest BCUT2D eigenvalue weighted by Gasteiger charge is -2.04. The standard InChI is InChI=1S/C15H20N2S/c1-12(2)16-10-14-11-17-15(18-14)9-8-13-6-4-3-5-7-13/h3-7,11-12,16H,8-10H2,1-2H3. The van der Waals surface area contributed by atoms with Gasteiger partial charge in [0.15, 0.2) is 0 Å². The summed E-state index contributed by atoms with van der Waals surface area (Å²) in [6.45, 7) is 5.26. The second-order valence-corrected chi connectivity index (χ2v) is 5.94. The second kappa shape index (κ2) is 6.66. The van der Waals surface area contributed by atoms with Crippen LogP contribution in [-0.2, 0) is 19.4 Å². The molecule has 2 rings (SSSR count). The highest BCUT2D eigenvalue weighted by atomic mass is 32.1. The molecule has 0 saturated carbocycles. The molecular formula is C15H20N2S. The maximum Gasteiger partial charge on any atom is 0.0931 e. The number of hydrogen-bond donors (Lipinski definition) is 1. The van der Waals surface area contributed by atoms with E-state index in [0.717, 1.165) is 19.4 Å². The fourth-order valence-corrected chi connectivity index (χ4v) is 2.62. The monoisotopic (exact) mass is 260 g/mol. The molecule has 2 aromatic rings. The Balaban J connectivity index is 1.83. The van der Waals surface area contributed by atoms with E-state index in [1.807, 2.05) is 17.5 Å². The summed E-state index contributed by atoms with van der Waals surface area (Å²) in [7, 11) is 0. The van der Waals surface area contributed by atoms with E-state index in [-0.39, 0.29) is 0 Å². The van der Waals surface area contributed by atoms with Crippen molar-refractivity contribution in [3.05, 3.63) is 52.0 Å². The minimum absolute atomic E-state index is 0.528. The summed E-state index contributed by atoms with van der Waals surface area (Å²) < 4.78 is 0. The van der Waals surface area contributed by atoms with Crippen LogP contribution in [0.1, 0.15) is 29.3 Å². The molecule has 0 aliphatic heterocycles. The third-order valence-electron chi connectivity index (χ3n) is 2.76. The fraction of sp³-hybridized carbons (Fsp3) is 0.400. The number of nitrogens with one attached hydrogen (secondary N) is 1. The van der Waals surface area contributed by atoms with Crippen LogP contribution in [-0.4, -0.2) is 11.0 Å². The second-order valence-electron chi connectivity index (χ2n) is 4.74. The topological polar surface area (TPSA) is 24.9 Å². The molecule has 0 aliphatic carbocycles. The molecule has 0 bridgehead atoms. The van der Waals surface area contributed by atoms with E-state index in [2.05, 4.69) is 54.5 Å². The van der Waals surface area contributed by atoms with E-state index in [1.54, 1.807) is 0 Å². The molecule has 0 unspecified atom stereocenters. The molecule has 0 amide bonds. The lowest BCUT2D eigenvalue weighted by molar-refractivity contribution is 0.593. The average molecular weight is 260 g/mol. The van der Waals surface area contributed by atoms with Gasteiger partial charge in [0.2, 0.25) is 0 Å². The van der Waals surface area contributed by atoms with Crippen molar-refractivity contribution < 1.29 is 0 Å². The normalized spacial score (nSPS) is 11.1. The largest absolute Gasteiger partial charge is 0.310 e. The van der Waals surface area contributed by atoms with E-state index >= 15 is 0 Å². The number of rotatable bonds is 6. The van der Waals surface area contributed by atoms with Gasteiger partial charge in [-0.3, -0.25) is 0 Å². The van der Waals surface area contributed by atoms with Crippen molar-refractivity contribution in [2.45, 2.75) is 39.3 Å². The summed E-state index contributed by atoms with van der Waals surface area (Å²) in [5.74, 6) is 0. The van der Waals surface area contributed by atoms with Crippen LogP contribution in [0.15, 0.2) is 36.5 Å². The molecule has 0 aliphatic rings. The summed E-state index contributed by atoms with van der Waals surface area (Å²) in [4.78, 5) is 5.81. The first-order valence-corrected chi connectivity index (χ1v) is 7.26. The third-order valence-corrected chi connectivity index (χ3v) is 3.81. The van der Waals surface area contributed by atoms with Crippen LogP contribution in [0.3, 0.4) is 0 Å². The fourth-order valence-electron chi connectivity index (χ4n) is 1.75. The summed E-state index contributed by atoms with van der Waals surface area (Å²) in [6.07, 6.45) is 4.11. The van der Waals surface area contributed by atoms with Crippen molar-refractivity contribution in [1.82, 2.24) is 10.3 Å². The smallest absolute Gasteiger partial charge is 0.0931 e. The summed E-state index contributed by atoms with van der Waals surface area (Å²) in [5, 5.41) is 4.65. The van der Waals surface area contributed by atoms with Crippen LogP contribution >= 0.6 is 11.3 Å². The maximum absolute atomic E-state index is 4.49. The molecule has 2 nitrogen and oxygen atoms in total. The minimum atomic E-state index is 0.528.